The highest BCUT2D eigenvalue weighted by molar-refractivity contribution is 6.33. The van der Waals surface area contributed by atoms with Crippen LogP contribution in [0.15, 0.2) is 79.0 Å². The number of benzene rings is 3. The molecule has 1 aromatic heterocycles. The molecule has 5 rings (SSSR count). The Morgan fingerprint density at radius 2 is 1.87 bits per heavy atom. The second kappa shape index (κ2) is 12.6. The summed E-state index contributed by atoms with van der Waals surface area (Å²) in [5.74, 6) is 1.17. The second-order valence-corrected chi connectivity index (χ2v) is 9.89. The number of anilines is 5. The van der Waals surface area contributed by atoms with E-state index in [1.807, 2.05) is 18.2 Å². The Labute approximate surface area is 233 Å². The molecule has 2 heterocycles. The Morgan fingerprint density at radius 1 is 1.03 bits per heavy atom. The van der Waals surface area contributed by atoms with Gasteiger partial charge in [-0.05, 0) is 72.8 Å². The first-order chi connectivity index (χ1) is 19.1. The summed E-state index contributed by atoms with van der Waals surface area (Å²) in [5.41, 5.74) is 5.63. The summed E-state index contributed by atoms with van der Waals surface area (Å²) in [6.07, 6.45) is 3.99. The molecule has 8 nitrogen and oxygen atoms in total. The van der Waals surface area contributed by atoms with Gasteiger partial charge in [-0.1, -0.05) is 48.0 Å². The number of rotatable bonds is 9. The first-order valence-corrected chi connectivity index (χ1v) is 13.5. The van der Waals surface area contributed by atoms with Crippen molar-refractivity contribution < 1.29 is 4.79 Å². The Morgan fingerprint density at radius 3 is 2.67 bits per heavy atom. The maximum Gasteiger partial charge on any atom is 0.253 e. The number of carbonyl (C=O) groups is 1. The largest absolute Gasteiger partial charge is 0.381 e. The van der Waals surface area contributed by atoms with Crippen LogP contribution in [0.1, 0.15) is 40.2 Å². The van der Waals surface area contributed by atoms with Crippen molar-refractivity contribution in [3.05, 3.63) is 101 Å². The van der Waals surface area contributed by atoms with Gasteiger partial charge in [-0.25, -0.2) is 4.98 Å². The molecule has 200 valence electrons. The quantitative estimate of drug-likeness (QED) is 0.175. The van der Waals surface area contributed by atoms with Crippen LogP contribution in [0.5, 0.6) is 0 Å². The maximum absolute atomic E-state index is 12.2. The number of para-hydroxylation sites is 1. The van der Waals surface area contributed by atoms with Crippen molar-refractivity contribution in [2.24, 2.45) is 0 Å². The van der Waals surface area contributed by atoms with Gasteiger partial charge in [-0.15, -0.1) is 0 Å². The molecule has 5 N–H and O–H groups in total. The van der Waals surface area contributed by atoms with Crippen LogP contribution in [0.25, 0.3) is 0 Å². The highest BCUT2D eigenvalue weighted by atomic mass is 35.5. The fraction of sp³-hybridized carbons (Fsp3) is 0.233. The van der Waals surface area contributed by atoms with E-state index in [-0.39, 0.29) is 5.91 Å². The fourth-order valence-corrected chi connectivity index (χ4v) is 4.78. The summed E-state index contributed by atoms with van der Waals surface area (Å²) in [5, 5.41) is 16.4. The number of hydrogen-bond acceptors (Lipinski definition) is 7. The average molecular weight is 542 g/mol. The number of piperidine rings is 1. The third kappa shape index (κ3) is 6.85. The van der Waals surface area contributed by atoms with Crippen LogP contribution < -0.4 is 26.6 Å². The minimum atomic E-state index is -0.203. The topological polar surface area (TPSA) is 103 Å². The van der Waals surface area contributed by atoms with Crippen molar-refractivity contribution in [2.45, 2.75) is 25.3 Å². The molecule has 1 amide bonds. The lowest BCUT2D eigenvalue weighted by atomic mass is 9.91. The SMILES string of the molecule is CNC(=O)c1ccccc1Nc1nc(Nc2ccc(CNc3cccc(C4CCCNC4)c3)cc2)ncc1Cl. The van der Waals surface area contributed by atoms with E-state index >= 15 is 0 Å². The lowest BCUT2D eigenvalue weighted by Crippen LogP contribution is -2.28. The third-order valence-corrected chi connectivity index (χ3v) is 7.03. The van der Waals surface area contributed by atoms with Crippen molar-refractivity contribution >= 4 is 46.3 Å². The van der Waals surface area contributed by atoms with E-state index in [2.05, 4.69) is 73.0 Å². The van der Waals surface area contributed by atoms with E-state index in [4.69, 9.17) is 11.6 Å². The van der Waals surface area contributed by atoms with Crippen LogP contribution in [0.3, 0.4) is 0 Å². The van der Waals surface area contributed by atoms with Crippen molar-refractivity contribution in [3.63, 3.8) is 0 Å². The van der Waals surface area contributed by atoms with E-state index in [9.17, 15) is 4.79 Å². The first-order valence-electron chi connectivity index (χ1n) is 13.1. The molecule has 1 saturated heterocycles. The van der Waals surface area contributed by atoms with E-state index in [1.165, 1.54) is 24.6 Å². The zero-order valence-electron chi connectivity index (χ0n) is 21.8. The van der Waals surface area contributed by atoms with Gasteiger partial charge in [0, 0.05) is 31.5 Å². The summed E-state index contributed by atoms with van der Waals surface area (Å²) < 4.78 is 0. The van der Waals surface area contributed by atoms with Crippen LogP contribution in [0, 0.1) is 0 Å². The highest BCUT2D eigenvalue weighted by Gasteiger charge is 2.15. The van der Waals surface area contributed by atoms with Crippen molar-refractivity contribution in [1.82, 2.24) is 20.6 Å². The van der Waals surface area contributed by atoms with Crippen molar-refractivity contribution in [3.8, 4) is 0 Å². The highest BCUT2D eigenvalue weighted by Crippen LogP contribution is 2.28. The summed E-state index contributed by atoms with van der Waals surface area (Å²) in [4.78, 5) is 21.0. The van der Waals surface area contributed by atoms with Crippen LogP contribution in [0.2, 0.25) is 5.02 Å². The molecule has 1 atom stereocenters. The van der Waals surface area contributed by atoms with E-state index in [0.29, 0.717) is 34.0 Å². The van der Waals surface area contributed by atoms with Gasteiger partial charge < -0.3 is 26.6 Å². The average Bonchev–Trinajstić information content (AvgIpc) is 2.99. The number of hydrogen-bond donors (Lipinski definition) is 5. The number of nitrogens with zero attached hydrogens (tertiary/aromatic N) is 2. The standard InChI is InChI=1S/C30H32ClN7O/c1-32-29(39)25-9-2-3-10-27(25)37-28-26(31)19-35-30(38-28)36-23-13-11-20(12-14-23)17-34-24-8-4-6-21(16-24)22-7-5-15-33-18-22/h2-4,6,8-14,16,19,22,33-34H,5,7,15,17-18H2,1H3,(H,32,39)(H2,35,36,37,38). The normalized spacial score (nSPS) is 14.9. The molecule has 39 heavy (non-hydrogen) atoms. The van der Waals surface area contributed by atoms with Crippen molar-refractivity contribution in [1.29, 1.82) is 0 Å². The van der Waals surface area contributed by atoms with E-state index in [0.717, 1.165) is 36.6 Å². The first kappa shape index (κ1) is 26.5. The van der Waals surface area contributed by atoms with Crippen LogP contribution in [-0.2, 0) is 6.54 Å². The molecule has 0 spiro atoms. The summed E-state index contributed by atoms with van der Waals surface area (Å²) in [6, 6.07) is 24.0. The summed E-state index contributed by atoms with van der Waals surface area (Å²) >= 11 is 6.35. The number of aromatic nitrogens is 2. The fourth-order valence-electron chi connectivity index (χ4n) is 4.65. The van der Waals surface area contributed by atoms with Crippen molar-refractivity contribution in [2.75, 3.05) is 36.1 Å². The van der Waals surface area contributed by atoms with Gasteiger partial charge in [-0.2, -0.15) is 4.98 Å². The molecule has 3 aromatic carbocycles. The van der Waals surface area contributed by atoms with Gasteiger partial charge in [0.2, 0.25) is 5.95 Å². The lowest BCUT2D eigenvalue weighted by molar-refractivity contribution is 0.0964. The van der Waals surface area contributed by atoms with Gasteiger partial charge in [0.15, 0.2) is 5.82 Å². The van der Waals surface area contributed by atoms with Gasteiger partial charge in [0.25, 0.3) is 5.91 Å². The Balaban J connectivity index is 1.21. The van der Waals surface area contributed by atoms with Crippen LogP contribution in [-0.4, -0.2) is 36.0 Å². The van der Waals surface area contributed by atoms with E-state index < -0.39 is 0 Å². The molecule has 9 heteroatoms. The minimum absolute atomic E-state index is 0.203. The molecular formula is C30H32ClN7O. The molecule has 0 bridgehead atoms. The van der Waals surface area contributed by atoms with Gasteiger partial charge in [0.1, 0.15) is 5.02 Å². The monoisotopic (exact) mass is 541 g/mol. The van der Waals surface area contributed by atoms with Gasteiger partial charge >= 0.3 is 0 Å². The smallest absolute Gasteiger partial charge is 0.253 e. The molecule has 0 aliphatic carbocycles. The lowest BCUT2D eigenvalue weighted by Gasteiger charge is -2.23. The van der Waals surface area contributed by atoms with Crippen LogP contribution >= 0.6 is 11.6 Å². The predicted molar refractivity (Wildman–Crippen MR) is 158 cm³/mol. The maximum atomic E-state index is 12.2. The molecule has 4 aromatic rings. The number of nitrogens with one attached hydrogen (secondary N) is 5. The molecule has 1 unspecified atom stereocenters. The zero-order chi connectivity index (χ0) is 27.0. The van der Waals surface area contributed by atoms with Gasteiger partial charge in [0.05, 0.1) is 17.4 Å². The minimum Gasteiger partial charge on any atom is -0.381 e. The second-order valence-electron chi connectivity index (χ2n) is 9.48. The number of halogens is 1. The molecule has 1 aliphatic rings. The predicted octanol–water partition coefficient (Wildman–Crippen LogP) is 6.06. The summed E-state index contributed by atoms with van der Waals surface area (Å²) in [6.45, 7) is 2.90. The molecule has 0 saturated carbocycles. The molecule has 1 fully saturated rings. The summed E-state index contributed by atoms with van der Waals surface area (Å²) in [7, 11) is 1.59. The Bertz CT molecular complexity index is 1420. The Kier molecular flexibility index (Phi) is 8.55. The molecule has 0 radical (unpaired) electrons. The van der Waals surface area contributed by atoms with Crippen LogP contribution in [0.4, 0.5) is 28.8 Å². The third-order valence-electron chi connectivity index (χ3n) is 6.76. The molecule has 1 aliphatic heterocycles. The van der Waals surface area contributed by atoms with E-state index in [1.54, 1.807) is 25.2 Å². The number of amides is 1. The number of carbonyl (C=O) groups excluding carboxylic acids is 1. The zero-order valence-corrected chi connectivity index (χ0v) is 22.6. The Hall–Kier alpha value is -4.14. The molecular weight excluding hydrogens is 510 g/mol. The van der Waals surface area contributed by atoms with Gasteiger partial charge in [-0.3, -0.25) is 4.79 Å².